The molecule has 17 heavy (non-hydrogen) atoms. The molecule has 0 aliphatic carbocycles. The summed E-state index contributed by atoms with van der Waals surface area (Å²) in [7, 11) is -1.87. The van der Waals surface area contributed by atoms with Crippen LogP contribution in [0.4, 0.5) is 0 Å². The maximum atomic E-state index is 11.5. The number of carbonyl (C=O) groups excluding carboxylic acids is 2. The number of sulfonamides is 1. The van der Waals surface area contributed by atoms with Crippen LogP contribution in [0, 0.1) is 0 Å². The lowest BCUT2D eigenvalue weighted by Gasteiger charge is -2.11. The van der Waals surface area contributed by atoms with Gasteiger partial charge in [-0.25, -0.2) is 13.1 Å². The highest BCUT2D eigenvalue weighted by molar-refractivity contribution is 7.89. The fourth-order valence-corrected chi connectivity index (χ4v) is 2.55. The Kier molecular flexibility index (Phi) is 4.61. The zero-order chi connectivity index (χ0) is 13.1. The SMILES string of the molecule is CCNS(=O)(=O)CCNC1CC(=O)N(C)C1=O. The second kappa shape index (κ2) is 5.56. The normalized spacial score (nSPS) is 21.3. The van der Waals surface area contributed by atoms with Gasteiger partial charge in [0.15, 0.2) is 0 Å². The number of rotatable bonds is 6. The van der Waals surface area contributed by atoms with E-state index in [0.29, 0.717) is 6.54 Å². The van der Waals surface area contributed by atoms with Gasteiger partial charge in [0.25, 0.3) is 0 Å². The van der Waals surface area contributed by atoms with Crippen molar-refractivity contribution < 1.29 is 18.0 Å². The number of amides is 2. The molecule has 1 unspecified atom stereocenters. The molecular formula is C9H17N3O4S. The third-order valence-corrected chi connectivity index (χ3v) is 3.98. The minimum absolute atomic E-state index is 0.0938. The summed E-state index contributed by atoms with van der Waals surface area (Å²) in [5.74, 6) is -0.666. The van der Waals surface area contributed by atoms with E-state index in [1.807, 2.05) is 0 Å². The second-order valence-electron chi connectivity index (χ2n) is 3.82. The van der Waals surface area contributed by atoms with Crippen molar-refractivity contribution in [2.75, 3.05) is 25.9 Å². The Morgan fingerprint density at radius 2 is 2.06 bits per heavy atom. The Bertz CT molecular complexity index is 406. The van der Waals surface area contributed by atoms with Gasteiger partial charge in [0.1, 0.15) is 0 Å². The zero-order valence-corrected chi connectivity index (χ0v) is 10.7. The Morgan fingerprint density at radius 3 is 2.53 bits per heavy atom. The standard InChI is InChI=1S/C9H17N3O4S/c1-3-11-17(15,16)5-4-10-7-6-8(13)12(2)9(7)14/h7,10-11H,3-6H2,1-2H3. The quantitative estimate of drug-likeness (QED) is 0.555. The van der Waals surface area contributed by atoms with Crippen LogP contribution < -0.4 is 10.0 Å². The molecule has 0 aromatic heterocycles. The van der Waals surface area contributed by atoms with Gasteiger partial charge in [-0.1, -0.05) is 6.92 Å². The number of likely N-dealkylation sites (N-methyl/N-ethyl adjacent to an activating group) is 1. The molecule has 0 spiro atoms. The van der Waals surface area contributed by atoms with E-state index in [2.05, 4.69) is 10.0 Å². The molecule has 1 atom stereocenters. The van der Waals surface area contributed by atoms with Crippen molar-refractivity contribution in [2.24, 2.45) is 0 Å². The fourth-order valence-electron chi connectivity index (χ4n) is 1.57. The summed E-state index contributed by atoms with van der Waals surface area (Å²) in [6.07, 6.45) is 0.0938. The van der Waals surface area contributed by atoms with Crippen LogP contribution in [0.3, 0.4) is 0 Å². The molecule has 0 bridgehead atoms. The number of nitrogens with zero attached hydrogens (tertiary/aromatic N) is 1. The van der Waals surface area contributed by atoms with Crippen molar-refractivity contribution >= 4 is 21.8 Å². The van der Waals surface area contributed by atoms with Gasteiger partial charge in [-0.3, -0.25) is 14.5 Å². The van der Waals surface area contributed by atoms with E-state index in [-0.39, 0.29) is 30.5 Å². The molecule has 2 amide bonds. The van der Waals surface area contributed by atoms with Crippen molar-refractivity contribution in [2.45, 2.75) is 19.4 Å². The largest absolute Gasteiger partial charge is 0.304 e. The molecule has 1 saturated heterocycles. The Balaban J connectivity index is 2.38. The molecule has 1 aliphatic rings. The lowest BCUT2D eigenvalue weighted by Crippen LogP contribution is -2.40. The first-order chi connectivity index (χ1) is 7.87. The predicted molar refractivity (Wildman–Crippen MR) is 61.6 cm³/mol. The topological polar surface area (TPSA) is 95.6 Å². The van der Waals surface area contributed by atoms with E-state index in [1.165, 1.54) is 7.05 Å². The van der Waals surface area contributed by atoms with E-state index in [1.54, 1.807) is 6.92 Å². The summed E-state index contributed by atoms with van der Waals surface area (Å²) in [6, 6.07) is -0.593. The third kappa shape index (κ3) is 3.76. The molecule has 1 aliphatic heterocycles. The minimum Gasteiger partial charge on any atom is -0.304 e. The molecule has 1 rings (SSSR count). The zero-order valence-electron chi connectivity index (χ0n) is 9.89. The minimum atomic E-state index is -3.29. The first-order valence-corrected chi connectivity index (χ1v) is 7.03. The average Bonchev–Trinajstić information content (AvgIpc) is 2.46. The number of imide groups is 1. The van der Waals surface area contributed by atoms with Crippen LogP contribution in [0.2, 0.25) is 0 Å². The highest BCUT2D eigenvalue weighted by Crippen LogP contribution is 2.09. The molecule has 1 fully saturated rings. The molecule has 1 heterocycles. The van der Waals surface area contributed by atoms with Crippen LogP contribution in [-0.4, -0.2) is 57.1 Å². The van der Waals surface area contributed by atoms with Crippen LogP contribution >= 0.6 is 0 Å². The summed E-state index contributed by atoms with van der Waals surface area (Å²) < 4.78 is 24.9. The molecule has 0 aromatic carbocycles. The first-order valence-electron chi connectivity index (χ1n) is 5.38. The molecule has 0 aromatic rings. The monoisotopic (exact) mass is 263 g/mol. The first kappa shape index (κ1) is 14.1. The smallest absolute Gasteiger partial charge is 0.246 e. The van der Waals surface area contributed by atoms with E-state index in [4.69, 9.17) is 0 Å². The molecule has 0 radical (unpaired) electrons. The van der Waals surface area contributed by atoms with Crippen molar-refractivity contribution in [1.29, 1.82) is 0 Å². The molecular weight excluding hydrogens is 246 g/mol. The van der Waals surface area contributed by atoms with Gasteiger partial charge in [-0.2, -0.15) is 0 Å². The van der Waals surface area contributed by atoms with Crippen molar-refractivity contribution in [3.63, 3.8) is 0 Å². The van der Waals surface area contributed by atoms with Crippen LogP contribution in [0.25, 0.3) is 0 Å². The van der Waals surface area contributed by atoms with Crippen LogP contribution in [0.15, 0.2) is 0 Å². The lowest BCUT2D eigenvalue weighted by molar-refractivity contribution is -0.137. The van der Waals surface area contributed by atoms with Crippen LogP contribution in [0.5, 0.6) is 0 Å². The third-order valence-electron chi connectivity index (χ3n) is 2.51. The summed E-state index contributed by atoms with van der Waals surface area (Å²) >= 11 is 0. The van der Waals surface area contributed by atoms with E-state index < -0.39 is 16.1 Å². The number of hydrogen-bond acceptors (Lipinski definition) is 5. The maximum absolute atomic E-state index is 11.5. The summed E-state index contributed by atoms with van der Waals surface area (Å²) in [5, 5.41) is 2.78. The van der Waals surface area contributed by atoms with Crippen LogP contribution in [0.1, 0.15) is 13.3 Å². The Labute approximate surface area is 101 Å². The van der Waals surface area contributed by atoms with Gasteiger partial charge < -0.3 is 5.32 Å². The molecule has 7 nitrogen and oxygen atoms in total. The number of hydrogen-bond donors (Lipinski definition) is 2. The molecule has 0 saturated carbocycles. The fraction of sp³-hybridized carbons (Fsp3) is 0.778. The molecule has 98 valence electrons. The van der Waals surface area contributed by atoms with E-state index >= 15 is 0 Å². The summed E-state index contributed by atoms with van der Waals surface area (Å²) in [6.45, 7) is 2.18. The van der Waals surface area contributed by atoms with Gasteiger partial charge in [0, 0.05) is 20.1 Å². The molecule has 2 N–H and O–H groups in total. The highest BCUT2D eigenvalue weighted by atomic mass is 32.2. The van der Waals surface area contributed by atoms with Gasteiger partial charge >= 0.3 is 0 Å². The van der Waals surface area contributed by atoms with Crippen LogP contribution in [-0.2, 0) is 19.6 Å². The van der Waals surface area contributed by atoms with Crippen molar-refractivity contribution in [3.05, 3.63) is 0 Å². The van der Waals surface area contributed by atoms with Gasteiger partial charge in [0.05, 0.1) is 18.2 Å². The van der Waals surface area contributed by atoms with E-state index in [9.17, 15) is 18.0 Å². The Morgan fingerprint density at radius 1 is 1.41 bits per heavy atom. The van der Waals surface area contributed by atoms with Crippen molar-refractivity contribution in [1.82, 2.24) is 14.9 Å². The average molecular weight is 263 g/mol. The lowest BCUT2D eigenvalue weighted by atomic mass is 10.2. The predicted octanol–water partition coefficient (Wildman–Crippen LogP) is -1.73. The van der Waals surface area contributed by atoms with Gasteiger partial charge in [-0.15, -0.1) is 0 Å². The van der Waals surface area contributed by atoms with Crippen molar-refractivity contribution in [3.8, 4) is 0 Å². The number of carbonyl (C=O) groups is 2. The number of likely N-dealkylation sites (tertiary alicyclic amines) is 1. The van der Waals surface area contributed by atoms with Gasteiger partial charge in [0.2, 0.25) is 21.8 Å². The highest BCUT2D eigenvalue weighted by Gasteiger charge is 2.35. The van der Waals surface area contributed by atoms with Gasteiger partial charge in [-0.05, 0) is 0 Å². The maximum Gasteiger partial charge on any atom is 0.246 e. The number of nitrogens with one attached hydrogen (secondary N) is 2. The Hall–Kier alpha value is -0.990. The molecule has 8 heteroatoms. The second-order valence-corrected chi connectivity index (χ2v) is 5.75. The van der Waals surface area contributed by atoms with E-state index in [0.717, 1.165) is 4.90 Å². The summed E-state index contributed by atoms with van der Waals surface area (Å²) in [5.41, 5.74) is 0. The summed E-state index contributed by atoms with van der Waals surface area (Å²) in [4.78, 5) is 23.7.